The van der Waals surface area contributed by atoms with Gasteiger partial charge in [0.2, 0.25) is 15.9 Å². The summed E-state index contributed by atoms with van der Waals surface area (Å²) in [6.07, 6.45) is 7.70. The third-order valence-electron chi connectivity index (χ3n) is 7.38. The van der Waals surface area contributed by atoms with Crippen molar-refractivity contribution in [3.05, 3.63) is 54.1 Å². The lowest BCUT2D eigenvalue weighted by Crippen LogP contribution is -2.51. The van der Waals surface area contributed by atoms with Crippen LogP contribution in [0.1, 0.15) is 50.5 Å². The summed E-state index contributed by atoms with van der Waals surface area (Å²) in [7, 11) is -3.37. The fourth-order valence-corrected chi connectivity index (χ4v) is 6.09. The molecule has 1 heterocycles. The van der Waals surface area contributed by atoms with Crippen LogP contribution in [-0.2, 0) is 21.4 Å². The summed E-state index contributed by atoms with van der Waals surface area (Å²) >= 11 is 0. The summed E-state index contributed by atoms with van der Waals surface area (Å²) in [6.45, 7) is 2.45. The van der Waals surface area contributed by atoms with E-state index in [0.717, 1.165) is 18.4 Å². The highest BCUT2D eigenvalue weighted by Gasteiger charge is 2.37. The van der Waals surface area contributed by atoms with Crippen molar-refractivity contribution in [1.82, 2.24) is 4.90 Å². The number of amides is 1. The summed E-state index contributed by atoms with van der Waals surface area (Å²) in [5.74, 6) is 1.09. The van der Waals surface area contributed by atoms with E-state index >= 15 is 0 Å². The molecule has 4 rings (SSSR count). The molecule has 0 aromatic heterocycles. The highest BCUT2D eigenvalue weighted by molar-refractivity contribution is 7.92. The number of anilines is 1. The standard InChI is InChI=1S/C27H37N3O5S/c1-36(33,34)30(20-21-5-3-2-4-6-21)23-9-13-25(14-10-23)35-24-11-7-22(8-12-24)19-29-17-15-27(32,16-18-29)26(28)31/h7-14,21,32H,2-6,15-20H2,1H3,(H2,28,31). The van der Waals surface area contributed by atoms with E-state index in [0.29, 0.717) is 62.1 Å². The van der Waals surface area contributed by atoms with Gasteiger partial charge in [0, 0.05) is 26.2 Å². The predicted molar refractivity (Wildman–Crippen MR) is 140 cm³/mol. The van der Waals surface area contributed by atoms with Gasteiger partial charge < -0.3 is 15.6 Å². The first-order chi connectivity index (χ1) is 17.1. The first-order valence-electron chi connectivity index (χ1n) is 12.7. The van der Waals surface area contributed by atoms with Gasteiger partial charge >= 0.3 is 0 Å². The van der Waals surface area contributed by atoms with Crippen LogP contribution in [0.15, 0.2) is 48.5 Å². The lowest BCUT2D eigenvalue weighted by atomic mass is 9.89. The number of likely N-dealkylation sites (tertiary alicyclic amines) is 1. The molecule has 1 saturated heterocycles. The molecule has 1 amide bonds. The van der Waals surface area contributed by atoms with Crippen LogP contribution in [0.5, 0.6) is 11.5 Å². The Hall–Kier alpha value is -2.62. The summed E-state index contributed by atoms with van der Waals surface area (Å²) in [5, 5.41) is 10.2. The van der Waals surface area contributed by atoms with Crippen LogP contribution in [0.3, 0.4) is 0 Å². The van der Waals surface area contributed by atoms with Crippen LogP contribution in [0.2, 0.25) is 0 Å². The number of carbonyl (C=O) groups excluding carboxylic acids is 1. The van der Waals surface area contributed by atoms with Crippen molar-refractivity contribution in [2.45, 2.75) is 57.1 Å². The minimum Gasteiger partial charge on any atom is -0.457 e. The first-order valence-corrected chi connectivity index (χ1v) is 14.6. The number of nitrogens with zero attached hydrogens (tertiary/aromatic N) is 2. The van der Waals surface area contributed by atoms with E-state index in [-0.39, 0.29) is 0 Å². The number of rotatable bonds is 9. The second kappa shape index (κ2) is 11.2. The van der Waals surface area contributed by atoms with Gasteiger partial charge in [-0.05, 0) is 73.6 Å². The molecule has 8 nitrogen and oxygen atoms in total. The van der Waals surface area contributed by atoms with Crippen LogP contribution < -0.4 is 14.8 Å². The number of carbonyl (C=O) groups is 1. The predicted octanol–water partition coefficient (Wildman–Crippen LogP) is 3.64. The fourth-order valence-electron chi connectivity index (χ4n) is 5.10. The van der Waals surface area contributed by atoms with Gasteiger partial charge in [0.15, 0.2) is 0 Å². The molecule has 0 atom stereocenters. The van der Waals surface area contributed by atoms with E-state index in [4.69, 9.17) is 10.5 Å². The molecular formula is C27H37N3O5S. The van der Waals surface area contributed by atoms with E-state index in [2.05, 4.69) is 4.90 Å². The Labute approximate surface area is 214 Å². The zero-order valence-electron chi connectivity index (χ0n) is 20.9. The van der Waals surface area contributed by atoms with Crippen molar-refractivity contribution in [1.29, 1.82) is 0 Å². The third kappa shape index (κ3) is 6.78. The highest BCUT2D eigenvalue weighted by Crippen LogP contribution is 2.30. The van der Waals surface area contributed by atoms with Gasteiger partial charge in [0.25, 0.3) is 0 Å². The van der Waals surface area contributed by atoms with Gasteiger partial charge in [-0.25, -0.2) is 8.42 Å². The molecule has 0 spiro atoms. The molecule has 2 aromatic rings. The lowest BCUT2D eigenvalue weighted by Gasteiger charge is -2.36. The van der Waals surface area contributed by atoms with Gasteiger partial charge in [-0.1, -0.05) is 31.4 Å². The van der Waals surface area contributed by atoms with Gasteiger partial charge in [0.05, 0.1) is 11.9 Å². The second-order valence-electron chi connectivity index (χ2n) is 10.2. The lowest BCUT2D eigenvalue weighted by molar-refractivity contribution is -0.141. The number of ether oxygens (including phenoxy) is 1. The largest absolute Gasteiger partial charge is 0.457 e. The molecule has 0 bridgehead atoms. The Bertz CT molecular complexity index is 1120. The monoisotopic (exact) mass is 515 g/mol. The molecule has 196 valence electrons. The molecule has 2 aliphatic rings. The summed E-state index contributed by atoms with van der Waals surface area (Å²) in [6, 6.07) is 15.0. The number of aliphatic hydroxyl groups is 1. The van der Waals surface area contributed by atoms with Crippen LogP contribution in [-0.4, -0.2) is 55.8 Å². The van der Waals surface area contributed by atoms with Crippen molar-refractivity contribution in [2.75, 3.05) is 30.2 Å². The van der Waals surface area contributed by atoms with Crippen LogP contribution in [0, 0.1) is 5.92 Å². The summed E-state index contributed by atoms with van der Waals surface area (Å²) in [4.78, 5) is 13.6. The molecule has 2 aromatic carbocycles. The van der Waals surface area contributed by atoms with Gasteiger partial charge in [0.1, 0.15) is 17.1 Å². The Kier molecular flexibility index (Phi) is 8.22. The minimum atomic E-state index is -3.37. The van der Waals surface area contributed by atoms with E-state index in [1.54, 1.807) is 24.3 Å². The Morgan fingerprint density at radius 3 is 2.11 bits per heavy atom. The maximum Gasteiger partial charge on any atom is 0.249 e. The summed E-state index contributed by atoms with van der Waals surface area (Å²) < 4.78 is 32.5. The topological polar surface area (TPSA) is 113 Å². The molecule has 1 aliphatic carbocycles. The molecule has 1 aliphatic heterocycles. The zero-order valence-corrected chi connectivity index (χ0v) is 21.8. The van der Waals surface area contributed by atoms with Crippen LogP contribution in [0.25, 0.3) is 0 Å². The fraction of sp³-hybridized carbons (Fsp3) is 0.519. The van der Waals surface area contributed by atoms with Crippen molar-refractivity contribution in [3.8, 4) is 11.5 Å². The quantitative estimate of drug-likeness (QED) is 0.527. The van der Waals surface area contributed by atoms with Crippen molar-refractivity contribution >= 4 is 21.6 Å². The SMILES string of the molecule is CS(=O)(=O)N(CC1CCCCC1)c1ccc(Oc2ccc(CN3CCC(O)(C(N)=O)CC3)cc2)cc1. The first kappa shape index (κ1) is 26.4. The molecule has 9 heteroatoms. The maximum atomic E-state index is 12.5. The number of piperidine rings is 1. The Morgan fingerprint density at radius 2 is 1.58 bits per heavy atom. The molecule has 0 radical (unpaired) electrons. The summed E-state index contributed by atoms with van der Waals surface area (Å²) in [5.41, 5.74) is 5.69. The Balaban J connectivity index is 1.33. The van der Waals surface area contributed by atoms with Gasteiger partial charge in [-0.15, -0.1) is 0 Å². The third-order valence-corrected chi connectivity index (χ3v) is 8.54. The Morgan fingerprint density at radius 1 is 1.03 bits per heavy atom. The minimum absolute atomic E-state index is 0.344. The smallest absolute Gasteiger partial charge is 0.249 e. The number of hydrogen-bond acceptors (Lipinski definition) is 6. The van der Waals surface area contributed by atoms with Crippen LogP contribution >= 0.6 is 0 Å². The van der Waals surface area contributed by atoms with Crippen LogP contribution in [0.4, 0.5) is 5.69 Å². The molecule has 3 N–H and O–H groups in total. The second-order valence-corrected chi connectivity index (χ2v) is 12.1. The van der Waals surface area contributed by atoms with Crippen molar-refractivity contribution in [2.24, 2.45) is 11.7 Å². The van der Waals surface area contributed by atoms with Crippen molar-refractivity contribution < 1.29 is 23.1 Å². The van der Waals surface area contributed by atoms with E-state index < -0.39 is 21.5 Å². The number of hydrogen-bond donors (Lipinski definition) is 2. The van der Waals surface area contributed by atoms with Gasteiger partial charge in [-0.2, -0.15) is 0 Å². The molecule has 0 unspecified atom stereocenters. The molecular weight excluding hydrogens is 478 g/mol. The number of nitrogens with two attached hydrogens (primary N) is 1. The average molecular weight is 516 g/mol. The van der Waals surface area contributed by atoms with E-state index in [9.17, 15) is 18.3 Å². The van der Waals surface area contributed by atoms with Gasteiger partial charge in [-0.3, -0.25) is 14.0 Å². The average Bonchev–Trinajstić information content (AvgIpc) is 2.86. The maximum absolute atomic E-state index is 12.5. The zero-order chi connectivity index (χ0) is 25.8. The number of primary amides is 1. The number of sulfonamides is 1. The van der Waals surface area contributed by atoms with Crippen molar-refractivity contribution in [3.63, 3.8) is 0 Å². The van der Waals surface area contributed by atoms with E-state index in [1.165, 1.54) is 29.8 Å². The number of benzene rings is 2. The normalized spacial score (nSPS) is 19.1. The molecule has 1 saturated carbocycles. The highest BCUT2D eigenvalue weighted by atomic mass is 32.2. The molecule has 36 heavy (non-hydrogen) atoms. The molecule has 2 fully saturated rings. The van der Waals surface area contributed by atoms with E-state index in [1.807, 2.05) is 24.3 Å².